The van der Waals surface area contributed by atoms with Crippen LogP contribution in [0.5, 0.6) is 0 Å². The highest BCUT2D eigenvalue weighted by Gasteiger charge is 2.27. The van der Waals surface area contributed by atoms with Gasteiger partial charge in [0.2, 0.25) is 0 Å². The first-order valence-corrected chi connectivity index (χ1v) is 7.09. The van der Waals surface area contributed by atoms with Gasteiger partial charge in [-0.05, 0) is 37.4 Å². The fraction of sp³-hybridized carbons (Fsp3) is 0.733. The molecule has 1 aromatic heterocycles. The lowest BCUT2D eigenvalue weighted by Gasteiger charge is -2.37. The minimum atomic E-state index is 0.451. The lowest BCUT2D eigenvalue weighted by atomic mass is 9.84. The Hall–Kier alpha value is -0.800. The predicted octanol–water partition coefficient (Wildman–Crippen LogP) is 3.01. The smallest absolute Gasteiger partial charge is 0.122 e. The van der Waals surface area contributed by atoms with Crippen LogP contribution in [0.3, 0.4) is 0 Å². The standard InChI is InChI=1S/C15H26N2O/c1-4-16-10-13-6-9-18-14(13)11-17-8-5-7-15(2,3)12-17/h6,9,16H,4-5,7-8,10-12H2,1-3H3. The first kappa shape index (κ1) is 13.6. The summed E-state index contributed by atoms with van der Waals surface area (Å²) in [5.74, 6) is 1.13. The fourth-order valence-electron chi connectivity index (χ4n) is 2.81. The number of nitrogens with zero attached hydrogens (tertiary/aromatic N) is 1. The number of hydrogen-bond acceptors (Lipinski definition) is 3. The molecule has 0 aromatic carbocycles. The Morgan fingerprint density at radius 3 is 3.00 bits per heavy atom. The van der Waals surface area contributed by atoms with Crippen LogP contribution >= 0.6 is 0 Å². The molecule has 102 valence electrons. The topological polar surface area (TPSA) is 28.4 Å². The second-order valence-corrected chi connectivity index (χ2v) is 6.13. The van der Waals surface area contributed by atoms with Crippen molar-refractivity contribution >= 4 is 0 Å². The van der Waals surface area contributed by atoms with Crippen LogP contribution in [-0.2, 0) is 13.1 Å². The number of piperidine rings is 1. The summed E-state index contributed by atoms with van der Waals surface area (Å²) in [6.07, 6.45) is 4.46. The molecule has 1 fully saturated rings. The van der Waals surface area contributed by atoms with Gasteiger partial charge in [-0.25, -0.2) is 0 Å². The maximum absolute atomic E-state index is 5.65. The number of hydrogen-bond donors (Lipinski definition) is 1. The first-order valence-electron chi connectivity index (χ1n) is 7.09. The molecule has 0 spiro atoms. The molecule has 0 amide bonds. The third-order valence-electron chi connectivity index (χ3n) is 3.75. The van der Waals surface area contributed by atoms with Gasteiger partial charge in [0, 0.05) is 18.7 Å². The van der Waals surface area contributed by atoms with Gasteiger partial charge in [0.25, 0.3) is 0 Å². The minimum Gasteiger partial charge on any atom is -0.468 e. The Kier molecular flexibility index (Phi) is 4.46. The molecule has 0 unspecified atom stereocenters. The van der Waals surface area contributed by atoms with Crippen molar-refractivity contribution in [1.29, 1.82) is 0 Å². The van der Waals surface area contributed by atoms with Crippen molar-refractivity contribution < 1.29 is 4.42 Å². The molecule has 2 rings (SSSR count). The lowest BCUT2D eigenvalue weighted by Crippen LogP contribution is -2.39. The molecule has 1 aliphatic rings. The zero-order valence-electron chi connectivity index (χ0n) is 12.0. The molecule has 0 radical (unpaired) electrons. The van der Waals surface area contributed by atoms with Crippen LogP contribution < -0.4 is 5.32 Å². The number of likely N-dealkylation sites (tertiary alicyclic amines) is 1. The molecule has 3 heteroatoms. The Morgan fingerprint density at radius 2 is 2.28 bits per heavy atom. The Labute approximate surface area is 111 Å². The Morgan fingerprint density at radius 1 is 1.44 bits per heavy atom. The van der Waals surface area contributed by atoms with Gasteiger partial charge in [0.15, 0.2) is 0 Å². The normalized spacial score (nSPS) is 20.2. The highest BCUT2D eigenvalue weighted by Crippen LogP contribution is 2.29. The molecule has 0 aliphatic carbocycles. The van der Waals surface area contributed by atoms with E-state index in [9.17, 15) is 0 Å². The van der Waals surface area contributed by atoms with Crippen LogP contribution in [0.4, 0.5) is 0 Å². The van der Waals surface area contributed by atoms with Crippen LogP contribution in [0.15, 0.2) is 16.7 Å². The maximum Gasteiger partial charge on any atom is 0.122 e. The van der Waals surface area contributed by atoms with Gasteiger partial charge in [-0.2, -0.15) is 0 Å². The third kappa shape index (κ3) is 3.59. The van der Waals surface area contributed by atoms with Crippen molar-refractivity contribution in [1.82, 2.24) is 10.2 Å². The van der Waals surface area contributed by atoms with Gasteiger partial charge in [-0.3, -0.25) is 4.90 Å². The first-order chi connectivity index (χ1) is 8.61. The van der Waals surface area contributed by atoms with E-state index in [0.717, 1.165) is 25.4 Å². The zero-order valence-corrected chi connectivity index (χ0v) is 12.0. The van der Waals surface area contributed by atoms with Crippen molar-refractivity contribution in [2.45, 2.75) is 46.7 Å². The predicted molar refractivity (Wildman–Crippen MR) is 74.4 cm³/mol. The molecule has 2 heterocycles. The van der Waals surface area contributed by atoms with Gasteiger partial charge in [0.1, 0.15) is 5.76 Å². The molecule has 0 bridgehead atoms. The van der Waals surface area contributed by atoms with Crippen molar-refractivity contribution in [2.24, 2.45) is 5.41 Å². The summed E-state index contributed by atoms with van der Waals surface area (Å²) >= 11 is 0. The molecule has 0 saturated carbocycles. The van der Waals surface area contributed by atoms with E-state index >= 15 is 0 Å². The van der Waals surface area contributed by atoms with E-state index in [1.165, 1.54) is 31.5 Å². The SMILES string of the molecule is CCNCc1ccoc1CN1CCCC(C)(C)C1. The summed E-state index contributed by atoms with van der Waals surface area (Å²) in [5.41, 5.74) is 1.76. The molecular weight excluding hydrogens is 224 g/mol. The molecule has 1 N–H and O–H groups in total. The molecule has 0 atom stereocenters. The van der Waals surface area contributed by atoms with Crippen LogP contribution in [0, 0.1) is 5.41 Å². The number of furan rings is 1. The van der Waals surface area contributed by atoms with Crippen molar-refractivity contribution in [2.75, 3.05) is 19.6 Å². The second kappa shape index (κ2) is 5.89. The summed E-state index contributed by atoms with van der Waals surface area (Å²) < 4.78 is 5.65. The van der Waals surface area contributed by atoms with Gasteiger partial charge in [0.05, 0.1) is 12.8 Å². The Balaban J connectivity index is 1.94. The molecule has 1 aliphatic heterocycles. The average Bonchev–Trinajstić information content (AvgIpc) is 2.72. The lowest BCUT2D eigenvalue weighted by molar-refractivity contribution is 0.104. The third-order valence-corrected chi connectivity index (χ3v) is 3.75. The van der Waals surface area contributed by atoms with Crippen molar-refractivity contribution in [3.05, 3.63) is 23.7 Å². The maximum atomic E-state index is 5.65. The van der Waals surface area contributed by atoms with Gasteiger partial charge < -0.3 is 9.73 Å². The van der Waals surface area contributed by atoms with Crippen LogP contribution in [-0.4, -0.2) is 24.5 Å². The molecule has 1 aromatic rings. The van der Waals surface area contributed by atoms with E-state index in [1.54, 1.807) is 0 Å². The number of nitrogens with one attached hydrogen (secondary N) is 1. The largest absolute Gasteiger partial charge is 0.468 e. The monoisotopic (exact) mass is 250 g/mol. The van der Waals surface area contributed by atoms with E-state index in [1.807, 2.05) is 6.26 Å². The van der Waals surface area contributed by atoms with E-state index in [0.29, 0.717) is 5.41 Å². The quantitative estimate of drug-likeness (QED) is 0.871. The zero-order chi connectivity index (χ0) is 13.0. The summed E-state index contributed by atoms with van der Waals surface area (Å²) in [6, 6.07) is 2.09. The van der Waals surface area contributed by atoms with E-state index < -0.39 is 0 Å². The highest BCUT2D eigenvalue weighted by molar-refractivity contribution is 5.17. The Bertz CT molecular complexity index is 370. The van der Waals surface area contributed by atoms with Gasteiger partial charge >= 0.3 is 0 Å². The summed E-state index contributed by atoms with van der Waals surface area (Å²) in [7, 11) is 0. The average molecular weight is 250 g/mol. The van der Waals surface area contributed by atoms with E-state index in [-0.39, 0.29) is 0 Å². The highest BCUT2D eigenvalue weighted by atomic mass is 16.3. The van der Waals surface area contributed by atoms with Crippen LogP contribution in [0.2, 0.25) is 0 Å². The van der Waals surface area contributed by atoms with Gasteiger partial charge in [-0.15, -0.1) is 0 Å². The van der Waals surface area contributed by atoms with E-state index in [4.69, 9.17) is 4.42 Å². The van der Waals surface area contributed by atoms with Crippen LogP contribution in [0.25, 0.3) is 0 Å². The summed E-state index contributed by atoms with van der Waals surface area (Å²) in [5, 5.41) is 3.37. The summed E-state index contributed by atoms with van der Waals surface area (Å²) in [6.45, 7) is 12.1. The van der Waals surface area contributed by atoms with Crippen molar-refractivity contribution in [3.63, 3.8) is 0 Å². The fourth-order valence-corrected chi connectivity index (χ4v) is 2.81. The van der Waals surface area contributed by atoms with E-state index in [2.05, 4.69) is 37.1 Å². The molecule has 3 nitrogen and oxygen atoms in total. The van der Waals surface area contributed by atoms with Crippen molar-refractivity contribution in [3.8, 4) is 0 Å². The molecular formula is C15H26N2O. The molecule has 1 saturated heterocycles. The second-order valence-electron chi connectivity index (χ2n) is 6.13. The molecule has 18 heavy (non-hydrogen) atoms. The van der Waals surface area contributed by atoms with Gasteiger partial charge in [-0.1, -0.05) is 20.8 Å². The summed E-state index contributed by atoms with van der Waals surface area (Å²) in [4.78, 5) is 2.53. The number of rotatable bonds is 5. The minimum absolute atomic E-state index is 0.451. The van der Waals surface area contributed by atoms with Crippen LogP contribution in [0.1, 0.15) is 44.9 Å².